The molecule has 0 spiro atoms. The maximum atomic E-state index is 13.6. The lowest BCUT2D eigenvalue weighted by atomic mass is 9.89. The standard InChI is InChI=1S/C32H30Cl2N8O6/c33-21-3-10-26(25(34)19-21)48-28-27(20-1-6-24(7-2-20)42(44)45)41(29(28)43)23-8-4-22(5-9-23)35-30-36-31(39-11-15-46-16-12-39)38-32(37-30)40-13-17-47-18-14-40/h1-10,19,27-28H,11-18H2,(H,35,36,37,38)/t27-,28+/m1/s1. The Bertz CT molecular complexity index is 1770. The van der Waals surface area contributed by atoms with Gasteiger partial charge in [-0.25, -0.2) is 0 Å². The Morgan fingerprint density at radius 1 is 0.833 bits per heavy atom. The van der Waals surface area contributed by atoms with Crippen LogP contribution in [-0.2, 0) is 14.3 Å². The molecule has 1 aromatic heterocycles. The van der Waals surface area contributed by atoms with Crippen molar-refractivity contribution < 1.29 is 23.9 Å². The lowest BCUT2D eigenvalue weighted by Gasteiger charge is -2.46. The number of carbonyl (C=O) groups is 1. The third kappa shape index (κ3) is 6.65. The van der Waals surface area contributed by atoms with Gasteiger partial charge in [0.05, 0.1) is 36.4 Å². The minimum absolute atomic E-state index is 0.0588. The summed E-state index contributed by atoms with van der Waals surface area (Å²) in [6, 6.07) is 17.5. The van der Waals surface area contributed by atoms with Crippen molar-refractivity contribution in [2.75, 3.05) is 72.6 Å². The number of nitrogens with one attached hydrogen (secondary N) is 1. The predicted octanol–water partition coefficient (Wildman–Crippen LogP) is 5.04. The summed E-state index contributed by atoms with van der Waals surface area (Å²) in [7, 11) is 0. The highest BCUT2D eigenvalue weighted by Gasteiger charge is 2.51. The fourth-order valence-corrected chi connectivity index (χ4v) is 6.20. The van der Waals surface area contributed by atoms with Crippen molar-refractivity contribution in [2.24, 2.45) is 0 Å². The molecule has 4 heterocycles. The van der Waals surface area contributed by atoms with Crippen LogP contribution in [0.3, 0.4) is 0 Å². The maximum Gasteiger partial charge on any atom is 0.271 e. The molecule has 2 atom stereocenters. The summed E-state index contributed by atoms with van der Waals surface area (Å²) in [6.07, 6.45) is -0.926. The number of non-ortho nitro benzene ring substituents is 1. The van der Waals surface area contributed by atoms with E-state index in [0.717, 1.165) is 0 Å². The largest absolute Gasteiger partial charge is 0.476 e. The zero-order valence-electron chi connectivity index (χ0n) is 25.5. The second kappa shape index (κ2) is 13.8. The number of aromatic nitrogens is 3. The summed E-state index contributed by atoms with van der Waals surface area (Å²) in [4.78, 5) is 44.3. The second-order valence-corrected chi connectivity index (χ2v) is 12.1. The number of benzene rings is 3. The Morgan fingerprint density at radius 2 is 1.44 bits per heavy atom. The molecule has 0 unspecified atom stereocenters. The molecule has 0 saturated carbocycles. The third-order valence-electron chi connectivity index (χ3n) is 8.24. The number of ether oxygens (including phenoxy) is 3. The molecule has 3 saturated heterocycles. The highest BCUT2D eigenvalue weighted by atomic mass is 35.5. The Hall–Kier alpha value is -4.76. The van der Waals surface area contributed by atoms with Gasteiger partial charge in [0.1, 0.15) is 11.8 Å². The van der Waals surface area contributed by atoms with E-state index in [2.05, 4.69) is 15.1 Å². The zero-order chi connectivity index (χ0) is 33.2. The van der Waals surface area contributed by atoms with Crippen LogP contribution >= 0.6 is 23.2 Å². The van der Waals surface area contributed by atoms with Crippen LogP contribution in [-0.4, -0.2) is 84.5 Å². The van der Waals surface area contributed by atoms with E-state index in [9.17, 15) is 14.9 Å². The number of nitro benzene ring substituents is 1. The smallest absolute Gasteiger partial charge is 0.271 e. The molecule has 1 N–H and O–H groups in total. The molecule has 1 amide bonds. The number of hydrogen-bond acceptors (Lipinski definition) is 12. The molecular formula is C32H30Cl2N8O6. The number of rotatable bonds is 9. The number of nitro groups is 1. The fourth-order valence-electron chi connectivity index (χ4n) is 5.74. The second-order valence-electron chi connectivity index (χ2n) is 11.2. The van der Waals surface area contributed by atoms with E-state index < -0.39 is 17.1 Å². The molecule has 0 radical (unpaired) electrons. The van der Waals surface area contributed by atoms with Crippen LogP contribution in [0.2, 0.25) is 10.0 Å². The molecule has 3 aliphatic heterocycles. The van der Waals surface area contributed by atoms with Gasteiger partial charge >= 0.3 is 0 Å². The van der Waals surface area contributed by atoms with Crippen molar-refractivity contribution >= 4 is 64.0 Å². The van der Waals surface area contributed by atoms with Crippen molar-refractivity contribution in [3.05, 3.63) is 92.5 Å². The molecule has 7 rings (SSSR count). The molecule has 3 aliphatic rings. The van der Waals surface area contributed by atoms with Crippen LogP contribution in [0.25, 0.3) is 0 Å². The van der Waals surface area contributed by atoms with Gasteiger partial charge in [-0.15, -0.1) is 0 Å². The highest BCUT2D eigenvalue weighted by molar-refractivity contribution is 6.35. The molecule has 0 aliphatic carbocycles. The first-order valence-corrected chi connectivity index (χ1v) is 16.1. The molecule has 16 heteroatoms. The van der Waals surface area contributed by atoms with Gasteiger partial charge < -0.3 is 29.3 Å². The number of nitrogens with zero attached hydrogens (tertiary/aromatic N) is 7. The fraction of sp³-hybridized carbons (Fsp3) is 0.312. The number of morpholine rings is 2. The normalized spacial score (nSPS) is 19.5. The molecule has 0 bridgehead atoms. The summed E-state index contributed by atoms with van der Waals surface area (Å²) >= 11 is 12.4. The van der Waals surface area contributed by atoms with Crippen molar-refractivity contribution in [3.8, 4) is 5.75 Å². The van der Waals surface area contributed by atoms with E-state index in [1.807, 2.05) is 12.1 Å². The van der Waals surface area contributed by atoms with Crippen molar-refractivity contribution in [3.63, 3.8) is 0 Å². The molecule has 4 aromatic rings. The Kier molecular flexibility index (Phi) is 9.13. The van der Waals surface area contributed by atoms with Crippen LogP contribution in [0, 0.1) is 10.1 Å². The molecule has 3 fully saturated rings. The van der Waals surface area contributed by atoms with Crippen LogP contribution in [0.15, 0.2) is 66.7 Å². The van der Waals surface area contributed by atoms with E-state index >= 15 is 0 Å². The first kappa shape index (κ1) is 31.8. The van der Waals surface area contributed by atoms with E-state index in [1.165, 1.54) is 18.2 Å². The Balaban J connectivity index is 1.14. The molecule has 3 aromatic carbocycles. The summed E-state index contributed by atoms with van der Waals surface area (Å²) in [5, 5.41) is 15.3. The molecule has 48 heavy (non-hydrogen) atoms. The van der Waals surface area contributed by atoms with Gasteiger partial charge in [0.2, 0.25) is 23.9 Å². The maximum absolute atomic E-state index is 13.6. The van der Waals surface area contributed by atoms with Crippen molar-refractivity contribution in [1.82, 2.24) is 15.0 Å². The molecule has 248 valence electrons. The topological polar surface area (TPSA) is 148 Å². The number of anilines is 5. The van der Waals surface area contributed by atoms with Gasteiger partial charge in [0, 0.05) is 54.7 Å². The van der Waals surface area contributed by atoms with Crippen molar-refractivity contribution in [1.29, 1.82) is 0 Å². The van der Waals surface area contributed by atoms with Gasteiger partial charge in [0.15, 0.2) is 0 Å². The lowest BCUT2D eigenvalue weighted by Crippen LogP contribution is -2.61. The Morgan fingerprint density at radius 3 is 2.00 bits per heavy atom. The van der Waals surface area contributed by atoms with E-state index in [0.29, 0.717) is 98.2 Å². The molecular weight excluding hydrogens is 663 g/mol. The summed E-state index contributed by atoms with van der Waals surface area (Å²) < 4.78 is 17.1. The Labute approximate surface area is 285 Å². The zero-order valence-corrected chi connectivity index (χ0v) is 27.0. The first-order chi connectivity index (χ1) is 23.3. The van der Waals surface area contributed by atoms with E-state index in [-0.39, 0.29) is 16.6 Å². The minimum Gasteiger partial charge on any atom is -0.476 e. The van der Waals surface area contributed by atoms with Crippen LogP contribution in [0.5, 0.6) is 5.75 Å². The number of β-lactam (4-membered cyclic amide) rings is 1. The van der Waals surface area contributed by atoms with E-state index in [1.54, 1.807) is 41.3 Å². The number of hydrogen-bond donors (Lipinski definition) is 1. The highest BCUT2D eigenvalue weighted by Crippen LogP contribution is 2.43. The van der Waals surface area contributed by atoms with Gasteiger partial charge in [-0.3, -0.25) is 19.8 Å². The van der Waals surface area contributed by atoms with Crippen LogP contribution in [0.4, 0.5) is 34.9 Å². The van der Waals surface area contributed by atoms with Crippen LogP contribution < -0.4 is 24.8 Å². The molecule has 14 nitrogen and oxygen atoms in total. The minimum atomic E-state index is -0.926. The van der Waals surface area contributed by atoms with Gasteiger partial charge in [-0.05, 0) is 60.2 Å². The summed E-state index contributed by atoms with van der Waals surface area (Å²) in [5.41, 5.74) is 1.91. The number of carbonyl (C=O) groups excluding carboxylic acids is 1. The van der Waals surface area contributed by atoms with Crippen molar-refractivity contribution in [2.45, 2.75) is 12.1 Å². The number of halogens is 2. The average molecular weight is 694 g/mol. The summed E-state index contributed by atoms with van der Waals surface area (Å²) in [5.74, 6) is 1.53. The average Bonchev–Trinajstić information content (AvgIpc) is 3.11. The lowest BCUT2D eigenvalue weighted by molar-refractivity contribution is -0.384. The van der Waals surface area contributed by atoms with E-state index in [4.69, 9.17) is 52.4 Å². The quantitative estimate of drug-likeness (QED) is 0.142. The SMILES string of the molecule is O=C1[C@@H](Oc2ccc(Cl)cc2Cl)[C@@H](c2ccc([N+](=O)[O-])cc2)N1c1ccc(Nc2nc(N3CCOCC3)nc(N3CCOCC3)n2)cc1. The van der Waals surface area contributed by atoms with Gasteiger partial charge in [-0.2, -0.15) is 15.0 Å². The van der Waals surface area contributed by atoms with Gasteiger partial charge in [0.25, 0.3) is 11.6 Å². The van der Waals surface area contributed by atoms with Crippen LogP contribution in [0.1, 0.15) is 11.6 Å². The monoisotopic (exact) mass is 692 g/mol. The third-order valence-corrected chi connectivity index (χ3v) is 8.77. The number of amides is 1. The first-order valence-electron chi connectivity index (χ1n) is 15.3. The van der Waals surface area contributed by atoms with Gasteiger partial charge in [-0.1, -0.05) is 23.2 Å². The predicted molar refractivity (Wildman–Crippen MR) is 180 cm³/mol. The summed E-state index contributed by atoms with van der Waals surface area (Å²) in [6.45, 7) is 5.08.